The number of nitro benzene ring substituents is 1. The maximum atomic E-state index is 13.3. The number of anilines is 2. The Morgan fingerprint density at radius 1 is 0.681 bits per heavy atom. The van der Waals surface area contributed by atoms with Crippen LogP contribution in [-0.4, -0.2) is 66.7 Å². The molecule has 2 amide bonds. The minimum atomic E-state index is -5.40. The monoisotopic (exact) mass is 709 g/mol. The second kappa shape index (κ2) is 12.1. The first kappa shape index (κ1) is 34.6. The third kappa shape index (κ3) is 7.40. The van der Waals surface area contributed by atoms with Gasteiger partial charge in [0.2, 0.25) is 0 Å². The fourth-order valence-electron chi connectivity index (χ4n) is 4.33. The lowest BCUT2D eigenvalue weighted by Gasteiger charge is -2.16. The zero-order chi connectivity index (χ0) is 35.2. The Bertz CT molecular complexity index is 2360. The number of hydrogen-bond donors (Lipinski definition) is 6. The van der Waals surface area contributed by atoms with Crippen LogP contribution < -0.4 is 10.6 Å². The van der Waals surface area contributed by atoms with Crippen LogP contribution in [0.4, 0.5) is 17.1 Å². The summed E-state index contributed by atoms with van der Waals surface area (Å²) >= 11 is 0. The first-order chi connectivity index (χ1) is 21.6. The minimum absolute atomic E-state index is 0.0333. The number of carboxylic acid groups (broad SMARTS) is 1. The molecule has 21 heteroatoms. The number of rotatable bonds is 9. The number of nitrogens with zero attached hydrogens (tertiary/aromatic N) is 1. The number of nitrogens with one attached hydrogen (secondary N) is 2. The van der Waals surface area contributed by atoms with E-state index in [-0.39, 0.29) is 11.3 Å². The van der Waals surface area contributed by atoms with Gasteiger partial charge in [0.05, 0.1) is 21.1 Å². The molecular weight excluding hydrogens is 690 g/mol. The van der Waals surface area contributed by atoms with Gasteiger partial charge in [-0.25, -0.2) is 4.79 Å². The summed E-state index contributed by atoms with van der Waals surface area (Å²) < 4.78 is 101. The molecule has 4 aromatic rings. The fourth-order valence-corrected chi connectivity index (χ4v) is 6.37. The lowest BCUT2D eigenvalue weighted by molar-refractivity contribution is -0.384. The zero-order valence-electron chi connectivity index (χ0n) is 23.2. The predicted octanol–water partition coefficient (Wildman–Crippen LogP) is 3.00. The molecule has 0 radical (unpaired) electrons. The highest BCUT2D eigenvalue weighted by atomic mass is 32.2. The van der Waals surface area contributed by atoms with Crippen molar-refractivity contribution in [2.24, 2.45) is 0 Å². The van der Waals surface area contributed by atoms with E-state index < -0.39 is 101 Å². The summed E-state index contributed by atoms with van der Waals surface area (Å²) in [5, 5.41) is 23.5. The average Bonchev–Trinajstić information content (AvgIpc) is 2.95. The van der Waals surface area contributed by atoms with Gasteiger partial charge < -0.3 is 15.7 Å². The van der Waals surface area contributed by atoms with Crippen LogP contribution in [0.5, 0.6) is 0 Å². The molecule has 0 aromatic heterocycles. The third-order valence-electron chi connectivity index (χ3n) is 6.50. The van der Waals surface area contributed by atoms with Crippen molar-refractivity contribution in [1.82, 2.24) is 0 Å². The van der Waals surface area contributed by atoms with Gasteiger partial charge >= 0.3 is 5.97 Å². The normalized spacial score (nSPS) is 12.0. The van der Waals surface area contributed by atoms with E-state index in [4.69, 9.17) is 0 Å². The van der Waals surface area contributed by atoms with E-state index >= 15 is 0 Å². The number of benzene rings is 4. The summed E-state index contributed by atoms with van der Waals surface area (Å²) in [6.07, 6.45) is 0. The van der Waals surface area contributed by atoms with Gasteiger partial charge in [0, 0.05) is 39.7 Å². The van der Waals surface area contributed by atoms with Crippen molar-refractivity contribution in [2.75, 3.05) is 10.6 Å². The Morgan fingerprint density at radius 3 is 1.81 bits per heavy atom. The highest BCUT2D eigenvalue weighted by Gasteiger charge is 2.27. The van der Waals surface area contributed by atoms with Crippen molar-refractivity contribution >= 4 is 76.0 Å². The van der Waals surface area contributed by atoms with Crippen LogP contribution in [0.2, 0.25) is 0 Å². The summed E-state index contributed by atoms with van der Waals surface area (Å²) in [7, 11) is -15.8. The van der Waals surface area contributed by atoms with E-state index in [1.807, 2.05) is 0 Å². The maximum absolute atomic E-state index is 13.3. The first-order valence-corrected chi connectivity index (χ1v) is 16.7. The number of hydrogen-bond acceptors (Lipinski definition) is 11. The second-order valence-corrected chi connectivity index (χ2v) is 13.9. The van der Waals surface area contributed by atoms with Crippen molar-refractivity contribution < 1.29 is 63.3 Å². The van der Waals surface area contributed by atoms with Gasteiger partial charge in [-0.3, -0.25) is 33.4 Å². The van der Waals surface area contributed by atoms with Gasteiger partial charge in [0.25, 0.3) is 47.9 Å². The van der Waals surface area contributed by atoms with E-state index in [0.717, 1.165) is 30.3 Å². The summed E-state index contributed by atoms with van der Waals surface area (Å²) in [4.78, 5) is 44.5. The Balaban J connectivity index is 1.80. The van der Waals surface area contributed by atoms with Gasteiger partial charge in [0.1, 0.15) is 9.79 Å². The van der Waals surface area contributed by atoms with Crippen LogP contribution in [0.1, 0.15) is 36.6 Å². The van der Waals surface area contributed by atoms with E-state index in [1.54, 1.807) is 0 Å². The molecule has 0 unspecified atom stereocenters. The van der Waals surface area contributed by atoms with Crippen molar-refractivity contribution in [2.45, 2.75) is 21.6 Å². The molecule has 0 aliphatic heterocycles. The SMILES string of the molecule is Cc1ccc(C(=O)Nc2ccc(S(=O)(=O)O)c3cc(S(=O)(=O)O)cc(S(=O)(=O)O)c23)cc1NC(=O)c1cc(C(=O)O)cc([N+](=O)[O-])c1. The number of fused-ring (bicyclic) bond motifs is 1. The standard InChI is InChI=1S/C26H19N3O15S3/c1-12-2-3-13(9-20(12)28-25(31)14-6-15(26(32)33)8-16(7-14)29(34)35)24(30)27-19-4-5-21(46(39,40)41)18-10-17(45(36,37)38)11-22(23(18)19)47(42,43)44/h2-11H,1H3,(H,27,30)(H,28,31)(H,32,33)(H,36,37,38)(H,39,40,41)(H,42,43,44). The first-order valence-electron chi connectivity index (χ1n) is 12.4. The molecule has 4 rings (SSSR count). The summed E-state index contributed by atoms with van der Waals surface area (Å²) in [5.74, 6) is -3.57. The molecule has 4 aromatic carbocycles. The Morgan fingerprint density at radius 2 is 1.26 bits per heavy atom. The van der Waals surface area contributed by atoms with E-state index in [9.17, 15) is 68.5 Å². The molecule has 0 saturated carbocycles. The molecular formula is C26H19N3O15S3. The molecule has 0 aliphatic rings. The number of carbonyl (C=O) groups is 3. The molecule has 47 heavy (non-hydrogen) atoms. The van der Waals surface area contributed by atoms with E-state index in [0.29, 0.717) is 23.8 Å². The molecule has 0 saturated heterocycles. The van der Waals surface area contributed by atoms with Crippen LogP contribution in [-0.2, 0) is 30.4 Å². The third-order valence-corrected chi connectivity index (χ3v) is 9.12. The largest absolute Gasteiger partial charge is 0.478 e. The molecule has 6 N–H and O–H groups in total. The summed E-state index contributed by atoms with van der Waals surface area (Å²) in [5.41, 5.74) is -2.06. The van der Waals surface area contributed by atoms with Crippen LogP contribution in [0.3, 0.4) is 0 Å². The molecule has 18 nitrogen and oxygen atoms in total. The number of carboxylic acids is 1. The van der Waals surface area contributed by atoms with Crippen molar-refractivity contribution in [1.29, 1.82) is 0 Å². The number of nitro groups is 1. The van der Waals surface area contributed by atoms with Crippen LogP contribution in [0.25, 0.3) is 10.8 Å². The van der Waals surface area contributed by atoms with Gasteiger partial charge in [0.15, 0.2) is 0 Å². The minimum Gasteiger partial charge on any atom is -0.478 e. The number of carbonyl (C=O) groups excluding carboxylic acids is 2. The quantitative estimate of drug-likeness (QED) is 0.0826. The van der Waals surface area contributed by atoms with Crippen molar-refractivity contribution in [3.63, 3.8) is 0 Å². The number of aromatic carboxylic acids is 1. The maximum Gasteiger partial charge on any atom is 0.335 e. The van der Waals surface area contributed by atoms with Crippen molar-refractivity contribution in [3.8, 4) is 0 Å². The lowest BCUT2D eigenvalue weighted by Crippen LogP contribution is -2.17. The number of aryl methyl sites for hydroxylation is 1. The van der Waals surface area contributed by atoms with E-state index in [1.165, 1.54) is 19.1 Å². The summed E-state index contributed by atoms with van der Waals surface area (Å²) in [6.45, 7) is 1.50. The van der Waals surface area contributed by atoms with Gasteiger partial charge in [-0.1, -0.05) is 6.07 Å². The van der Waals surface area contributed by atoms with Crippen LogP contribution in [0.15, 0.2) is 75.4 Å². The smallest absolute Gasteiger partial charge is 0.335 e. The molecule has 246 valence electrons. The lowest BCUT2D eigenvalue weighted by atomic mass is 10.1. The Labute approximate surface area is 264 Å². The Kier molecular flexibility index (Phi) is 8.91. The average molecular weight is 710 g/mol. The van der Waals surface area contributed by atoms with E-state index in [2.05, 4.69) is 10.6 Å². The molecule has 0 heterocycles. The number of amides is 2. The predicted molar refractivity (Wildman–Crippen MR) is 161 cm³/mol. The van der Waals surface area contributed by atoms with Gasteiger partial charge in [-0.2, -0.15) is 25.3 Å². The molecule has 0 spiro atoms. The van der Waals surface area contributed by atoms with Crippen molar-refractivity contribution in [3.05, 3.63) is 93.0 Å². The topological polar surface area (TPSA) is 302 Å². The highest BCUT2D eigenvalue weighted by molar-refractivity contribution is 7.87. The number of non-ortho nitro benzene ring substituents is 1. The molecule has 0 fully saturated rings. The summed E-state index contributed by atoms with van der Waals surface area (Å²) in [6, 6.07) is 8.46. The fraction of sp³-hybridized carbons (Fsp3) is 0.0385. The second-order valence-electron chi connectivity index (χ2n) is 9.65. The van der Waals surface area contributed by atoms with Gasteiger partial charge in [-0.05, 0) is 55.0 Å². The highest BCUT2D eigenvalue weighted by Crippen LogP contribution is 2.37. The molecule has 0 bridgehead atoms. The van der Waals surface area contributed by atoms with Gasteiger partial charge in [-0.15, -0.1) is 0 Å². The Hall–Kier alpha value is -5.32. The molecule has 0 aliphatic carbocycles. The van der Waals surface area contributed by atoms with Crippen LogP contribution in [0, 0.1) is 17.0 Å². The van der Waals surface area contributed by atoms with Crippen LogP contribution >= 0.6 is 0 Å². The molecule has 0 atom stereocenters. The zero-order valence-corrected chi connectivity index (χ0v) is 25.7.